The van der Waals surface area contributed by atoms with E-state index in [-0.39, 0.29) is 6.10 Å². The van der Waals surface area contributed by atoms with Crippen LogP contribution in [0.4, 0.5) is 0 Å². The van der Waals surface area contributed by atoms with Gasteiger partial charge in [-0.2, -0.15) is 0 Å². The first-order valence-electron chi connectivity index (χ1n) is 6.34. The van der Waals surface area contributed by atoms with Gasteiger partial charge in [0.1, 0.15) is 11.2 Å². The Bertz CT molecular complexity index is 488. The molecule has 5 heteroatoms. The van der Waals surface area contributed by atoms with Crippen molar-refractivity contribution in [3.63, 3.8) is 0 Å². The number of hydrogen-bond acceptors (Lipinski definition) is 4. The van der Waals surface area contributed by atoms with Crippen molar-refractivity contribution in [2.45, 2.75) is 32.8 Å². The standard InChI is InChI=1S/C14H19NO4/c1-9-6-12(18-3)7-11(15-9)8-14(13(16)17)4-5-19-10(14)2/h6-7,10H,4-5,8H2,1-3H3,(H,16,17). The van der Waals surface area contributed by atoms with Crippen molar-refractivity contribution in [2.75, 3.05) is 13.7 Å². The van der Waals surface area contributed by atoms with Crippen LogP contribution in [0.3, 0.4) is 0 Å². The van der Waals surface area contributed by atoms with E-state index < -0.39 is 11.4 Å². The highest BCUT2D eigenvalue weighted by molar-refractivity contribution is 5.76. The summed E-state index contributed by atoms with van der Waals surface area (Å²) in [5.41, 5.74) is 0.671. The molecule has 2 unspecified atom stereocenters. The topological polar surface area (TPSA) is 68.7 Å². The predicted molar refractivity (Wildman–Crippen MR) is 69.3 cm³/mol. The summed E-state index contributed by atoms with van der Waals surface area (Å²) in [6.45, 7) is 4.17. The van der Waals surface area contributed by atoms with E-state index in [2.05, 4.69) is 4.98 Å². The maximum Gasteiger partial charge on any atom is 0.312 e. The van der Waals surface area contributed by atoms with Gasteiger partial charge in [-0.15, -0.1) is 0 Å². The van der Waals surface area contributed by atoms with Crippen molar-refractivity contribution in [2.24, 2.45) is 5.41 Å². The molecule has 1 saturated heterocycles. The largest absolute Gasteiger partial charge is 0.497 e. The molecule has 19 heavy (non-hydrogen) atoms. The summed E-state index contributed by atoms with van der Waals surface area (Å²) in [5.74, 6) is -0.116. The molecule has 0 saturated carbocycles. The molecule has 5 nitrogen and oxygen atoms in total. The zero-order valence-electron chi connectivity index (χ0n) is 11.5. The van der Waals surface area contributed by atoms with E-state index in [1.165, 1.54) is 0 Å². The molecule has 1 aliphatic heterocycles. The van der Waals surface area contributed by atoms with E-state index >= 15 is 0 Å². The van der Waals surface area contributed by atoms with Crippen LogP contribution in [0.25, 0.3) is 0 Å². The van der Waals surface area contributed by atoms with Crippen LogP contribution >= 0.6 is 0 Å². The molecule has 104 valence electrons. The number of ether oxygens (including phenoxy) is 2. The Morgan fingerprint density at radius 3 is 2.89 bits per heavy atom. The fourth-order valence-electron chi connectivity index (χ4n) is 2.60. The summed E-state index contributed by atoms with van der Waals surface area (Å²) in [4.78, 5) is 16.0. The third kappa shape index (κ3) is 2.56. The highest BCUT2D eigenvalue weighted by atomic mass is 16.5. The van der Waals surface area contributed by atoms with Crippen molar-refractivity contribution in [1.29, 1.82) is 0 Å². The summed E-state index contributed by atoms with van der Waals surface area (Å²) in [7, 11) is 1.59. The highest BCUT2D eigenvalue weighted by Crippen LogP contribution is 2.38. The second-order valence-electron chi connectivity index (χ2n) is 5.04. The molecular weight excluding hydrogens is 246 g/mol. The van der Waals surface area contributed by atoms with Gasteiger partial charge in [0.15, 0.2) is 0 Å². The van der Waals surface area contributed by atoms with Gasteiger partial charge < -0.3 is 14.6 Å². The van der Waals surface area contributed by atoms with Gasteiger partial charge in [-0.25, -0.2) is 0 Å². The van der Waals surface area contributed by atoms with Crippen molar-refractivity contribution in [3.8, 4) is 5.75 Å². The Balaban J connectivity index is 2.32. The second kappa shape index (κ2) is 5.17. The van der Waals surface area contributed by atoms with Gasteiger partial charge in [-0.1, -0.05) is 0 Å². The summed E-state index contributed by atoms with van der Waals surface area (Å²) < 4.78 is 10.7. The summed E-state index contributed by atoms with van der Waals surface area (Å²) in [6, 6.07) is 3.62. The highest BCUT2D eigenvalue weighted by Gasteiger charge is 2.48. The molecule has 1 N–H and O–H groups in total. The maximum atomic E-state index is 11.6. The summed E-state index contributed by atoms with van der Waals surface area (Å²) >= 11 is 0. The second-order valence-corrected chi connectivity index (χ2v) is 5.04. The van der Waals surface area contributed by atoms with Gasteiger partial charge in [-0.3, -0.25) is 9.78 Å². The third-order valence-electron chi connectivity index (χ3n) is 3.83. The van der Waals surface area contributed by atoms with Crippen LogP contribution in [0.1, 0.15) is 24.7 Å². The van der Waals surface area contributed by atoms with Crippen molar-refractivity contribution >= 4 is 5.97 Å². The average molecular weight is 265 g/mol. The van der Waals surface area contributed by atoms with Gasteiger partial charge in [0.05, 0.1) is 13.2 Å². The molecule has 2 rings (SSSR count). The van der Waals surface area contributed by atoms with E-state index in [0.717, 1.165) is 11.4 Å². The first-order chi connectivity index (χ1) is 8.98. The Labute approximate surface area is 112 Å². The van der Waals surface area contributed by atoms with Crippen LogP contribution in [0.5, 0.6) is 5.75 Å². The Kier molecular flexibility index (Phi) is 3.75. The molecule has 2 heterocycles. The number of carboxylic acids is 1. The molecule has 0 radical (unpaired) electrons. The molecular formula is C14H19NO4. The SMILES string of the molecule is COc1cc(C)nc(CC2(C(=O)O)CCOC2C)c1. The summed E-state index contributed by atoms with van der Waals surface area (Å²) in [6.07, 6.45) is 0.571. The number of aliphatic carboxylic acids is 1. The zero-order chi connectivity index (χ0) is 14.0. The molecule has 0 aromatic carbocycles. The average Bonchev–Trinajstić information content (AvgIpc) is 2.71. The fraction of sp³-hybridized carbons (Fsp3) is 0.571. The molecule has 1 fully saturated rings. The molecule has 1 aromatic rings. The van der Waals surface area contributed by atoms with Crippen molar-refractivity contribution in [1.82, 2.24) is 4.98 Å². The minimum atomic E-state index is -0.883. The first-order valence-corrected chi connectivity index (χ1v) is 6.34. The van der Waals surface area contributed by atoms with Crippen LogP contribution in [-0.4, -0.2) is 35.9 Å². The van der Waals surface area contributed by atoms with E-state index in [9.17, 15) is 9.90 Å². The van der Waals surface area contributed by atoms with E-state index in [1.807, 2.05) is 19.9 Å². The maximum absolute atomic E-state index is 11.6. The van der Waals surface area contributed by atoms with Gasteiger partial charge >= 0.3 is 5.97 Å². The van der Waals surface area contributed by atoms with Crippen LogP contribution in [0, 0.1) is 12.3 Å². The minimum absolute atomic E-state index is 0.307. The number of pyridine rings is 1. The quantitative estimate of drug-likeness (QED) is 0.899. The lowest BCUT2D eigenvalue weighted by Crippen LogP contribution is -2.39. The van der Waals surface area contributed by atoms with Crippen LogP contribution in [0.2, 0.25) is 0 Å². The molecule has 0 spiro atoms. The fourth-order valence-corrected chi connectivity index (χ4v) is 2.60. The van der Waals surface area contributed by atoms with E-state index in [0.29, 0.717) is 25.2 Å². The van der Waals surface area contributed by atoms with E-state index in [1.54, 1.807) is 13.2 Å². The van der Waals surface area contributed by atoms with Gasteiger partial charge in [0.2, 0.25) is 0 Å². The number of rotatable bonds is 4. The molecule has 2 atom stereocenters. The third-order valence-corrected chi connectivity index (χ3v) is 3.83. The number of carboxylic acid groups (broad SMARTS) is 1. The van der Waals surface area contributed by atoms with Crippen LogP contribution < -0.4 is 4.74 Å². The number of methoxy groups -OCH3 is 1. The minimum Gasteiger partial charge on any atom is -0.497 e. The number of aryl methyl sites for hydroxylation is 1. The van der Waals surface area contributed by atoms with Gasteiger partial charge in [-0.05, 0) is 20.3 Å². The molecule has 1 aliphatic rings. The first kappa shape index (κ1) is 13.8. The Morgan fingerprint density at radius 1 is 1.63 bits per heavy atom. The lowest BCUT2D eigenvalue weighted by molar-refractivity contribution is -0.151. The van der Waals surface area contributed by atoms with E-state index in [4.69, 9.17) is 9.47 Å². The van der Waals surface area contributed by atoms with Crippen molar-refractivity contribution in [3.05, 3.63) is 23.5 Å². The summed E-state index contributed by atoms with van der Waals surface area (Å²) in [5, 5.41) is 9.55. The zero-order valence-corrected chi connectivity index (χ0v) is 11.5. The van der Waals surface area contributed by atoms with Crippen LogP contribution in [-0.2, 0) is 16.0 Å². The molecule has 0 aliphatic carbocycles. The normalized spacial score (nSPS) is 26.4. The molecule has 0 bridgehead atoms. The van der Waals surface area contributed by atoms with Crippen LogP contribution in [0.15, 0.2) is 12.1 Å². The number of nitrogens with zero attached hydrogens (tertiary/aromatic N) is 1. The smallest absolute Gasteiger partial charge is 0.312 e. The van der Waals surface area contributed by atoms with Crippen molar-refractivity contribution < 1.29 is 19.4 Å². The van der Waals surface area contributed by atoms with Gasteiger partial charge in [0.25, 0.3) is 0 Å². The number of aromatic nitrogens is 1. The molecule has 1 aromatic heterocycles. The number of carbonyl (C=O) groups is 1. The van der Waals surface area contributed by atoms with Gasteiger partial charge in [0, 0.05) is 36.5 Å². The Morgan fingerprint density at radius 2 is 2.37 bits per heavy atom. The lowest BCUT2D eigenvalue weighted by atomic mass is 9.77. The number of hydrogen-bond donors (Lipinski definition) is 1. The molecule has 0 amide bonds. The Hall–Kier alpha value is -1.62. The monoisotopic (exact) mass is 265 g/mol. The predicted octanol–water partition coefficient (Wildman–Crippen LogP) is 1.82. The lowest BCUT2D eigenvalue weighted by Gasteiger charge is -2.27.